The first kappa shape index (κ1) is 22.4. The van der Waals surface area contributed by atoms with Crippen LogP contribution in [0, 0.1) is 0 Å². The average molecular weight is 490 g/mol. The number of aliphatic imine (C=N–C) groups is 1. The Balaban J connectivity index is 0.00000338. The lowest BCUT2D eigenvalue weighted by atomic mass is 10.2. The Morgan fingerprint density at radius 1 is 1.08 bits per heavy atom. The quantitative estimate of drug-likeness (QED) is 0.347. The van der Waals surface area contributed by atoms with Crippen LogP contribution in [0.25, 0.3) is 0 Å². The van der Waals surface area contributed by atoms with Crippen LogP contribution in [0.2, 0.25) is 5.02 Å². The molecule has 5 nitrogen and oxygen atoms in total. The van der Waals surface area contributed by atoms with Crippen LogP contribution in [0.5, 0.6) is 11.5 Å². The van der Waals surface area contributed by atoms with Crippen LogP contribution in [0.4, 0.5) is 0 Å². The highest BCUT2D eigenvalue weighted by Crippen LogP contribution is 2.30. The lowest BCUT2D eigenvalue weighted by molar-refractivity contribution is 0.351. The molecule has 0 bridgehead atoms. The van der Waals surface area contributed by atoms with Gasteiger partial charge in [0, 0.05) is 23.7 Å². The zero-order valence-corrected chi connectivity index (χ0v) is 18.3. The summed E-state index contributed by atoms with van der Waals surface area (Å²) >= 11 is 6.02. The number of methoxy groups -OCH3 is 2. The average Bonchev–Trinajstić information content (AvgIpc) is 2.63. The molecular formula is C19H25ClIN3O2. The van der Waals surface area contributed by atoms with E-state index in [1.165, 1.54) is 0 Å². The maximum atomic E-state index is 6.02. The van der Waals surface area contributed by atoms with Crippen molar-refractivity contribution in [2.75, 3.05) is 20.8 Å². The number of hydrogen-bond acceptors (Lipinski definition) is 3. The third-order valence-electron chi connectivity index (χ3n) is 3.58. The number of hydrogen-bond donors (Lipinski definition) is 2. The minimum Gasteiger partial charge on any atom is -0.493 e. The van der Waals surface area contributed by atoms with E-state index in [2.05, 4.69) is 15.6 Å². The van der Waals surface area contributed by atoms with E-state index in [4.69, 9.17) is 21.1 Å². The van der Waals surface area contributed by atoms with Gasteiger partial charge in [0.25, 0.3) is 0 Å². The second kappa shape index (κ2) is 11.9. The highest BCUT2D eigenvalue weighted by Gasteiger charge is 2.09. The van der Waals surface area contributed by atoms with Crippen molar-refractivity contribution in [2.24, 2.45) is 4.99 Å². The molecule has 7 heteroatoms. The van der Waals surface area contributed by atoms with E-state index in [1.54, 1.807) is 14.2 Å². The van der Waals surface area contributed by atoms with E-state index >= 15 is 0 Å². The van der Waals surface area contributed by atoms with E-state index in [9.17, 15) is 0 Å². The van der Waals surface area contributed by atoms with Crippen molar-refractivity contribution < 1.29 is 9.47 Å². The summed E-state index contributed by atoms with van der Waals surface area (Å²) in [5, 5.41) is 7.27. The van der Waals surface area contributed by atoms with E-state index in [-0.39, 0.29) is 24.0 Å². The molecule has 0 radical (unpaired) electrons. The van der Waals surface area contributed by atoms with Crippen LogP contribution in [0.1, 0.15) is 18.1 Å². The molecule has 26 heavy (non-hydrogen) atoms. The van der Waals surface area contributed by atoms with Crippen LogP contribution in [0.15, 0.2) is 47.5 Å². The van der Waals surface area contributed by atoms with Crippen molar-refractivity contribution in [3.05, 3.63) is 58.6 Å². The molecule has 0 aliphatic rings. The van der Waals surface area contributed by atoms with Gasteiger partial charge in [-0.2, -0.15) is 0 Å². The Kier molecular flexibility index (Phi) is 10.2. The molecule has 0 spiro atoms. The Labute approximate surface area is 177 Å². The smallest absolute Gasteiger partial charge is 0.191 e. The number of nitrogens with one attached hydrogen (secondary N) is 2. The first-order valence-corrected chi connectivity index (χ1v) is 8.52. The molecule has 0 fully saturated rings. The number of halogens is 2. The third-order valence-corrected chi connectivity index (χ3v) is 3.82. The summed E-state index contributed by atoms with van der Waals surface area (Å²) in [6.45, 7) is 3.92. The number of nitrogens with zero attached hydrogens (tertiary/aromatic N) is 1. The van der Waals surface area contributed by atoms with Gasteiger partial charge in [0.2, 0.25) is 0 Å². The fourth-order valence-corrected chi connectivity index (χ4v) is 2.63. The molecule has 0 unspecified atom stereocenters. The third kappa shape index (κ3) is 6.57. The topological polar surface area (TPSA) is 54.9 Å². The van der Waals surface area contributed by atoms with Crippen LogP contribution in [0.3, 0.4) is 0 Å². The number of rotatable bonds is 7. The van der Waals surface area contributed by atoms with Gasteiger partial charge in [-0.05, 0) is 30.7 Å². The molecule has 0 aliphatic carbocycles. The Hall–Kier alpha value is -1.67. The van der Waals surface area contributed by atoms with Crippen molar-refractivity contribution in [2.45, 2.75) is 20.0 Å². The van der Waals surface area contributed by atoms with Crippen molar-refractivity contribution in [3.8, 4) is 11.5 Å². The van der Waals surface area contributed by atoms with Crippen molar-refractivity contribution in [1.82, 2.24) is 10.6 Å². The number of benzene rings is 2. The zero-order chi connectivity index (χ0) is 18.1. The van der Waals surface area contributed by atoms with Gasteiger partial charge < -0.3 is 20.1 Å². The fraction of sp³-hybridized carbons (Fsp3) is 0.316. The van der Waals surface area contributed by atoms with Gasteiger partial charge >= 0.3 is 0 Å². The second-order valence-corrected chi connectivity index (χ2v) is 5.77. The minimum absolute atomic E-state index is 0. The van der Waals surface area contributed by atoms with Gasteiger partial charge in [-0.15, -0.1) is 24.0 Å². The lowest BCUT2D eigenvalue weighted by Crippen LogP contribution is -2.36. The van der Waals surface area contributed by atoms with E-state index in [0.29, 0.717) is 23.9 Å². The molecule has 2 aromatic rings. The number of para-hydroxylation sites is 1. The predicted molar refractivity (Wildman–Crippen MR) is 118 cm³/mol. The monoisotopic (exact) mass is 489 g/mol. The van der Waals surface area contributed by atoms with Crippen LogP contribution in [-0.4, -0.2) is 26.7 Å². The molecule has 0 atom stereocenters. The summed E-state index contributed by atoms with van der Waals surface area (Å²) in [6, 6.07) is 13.5. The fourth-order valence-electron chi connectivity index (χ4n) is 2.42. The normalized spacial score (nSPS) is 10.7. The first-order valence-electron chi connectivity index (χ1n) is 8.14. The molecular weight excluding hydrogens is 465 g/mol. The van der Waals surface area contributed by atoms with Crippen molar-refractivity contribution >= 4 is 41.5 Å². The standard InChI is InChI=1S/C19H24ClN3O2.HI/c1-4-21-19(22-12-14-7-5-9-16(20)11-14)23-13-15-8-6-10-17(24-2)18(15)25-3;/h5-11H,4,12-13H2,1-3H3,(H2,21,22,23);1H. The second-order valence-electron chi connectivity index (χ2n) is 5.33. The summed E-state index contributed by atoms with van der Waals surface area (Å²) in [6.07, 6.45) is 0. The highest BCUT2D eigenvalue weighted by molar-refractivity contribution is 14.0. The highest BCUT2D eigenvalue weighted by atomic mass is 127. The summed E-state index contributed by atoms with van der Waals surface area (Å²) in [4.78, 5) is 4.60. The van der Waals surface area contributed by atoms with E-state index in [0.717, 1.165) is 29.4 Å². The molecule has 2 N–H and O–H groups in total. The van der Waals surface area contributed by atoms with Gasteiger partial charge in [0.05, 0.1) is 20.8 Å². The van der Waals surface area contributed by atoms with E-state index < -0.39 is 0 Å². The Bertz CT molecular complexity index is 726. The number of ether oxygens (including phenoxy) is 2. The van der Waals surface area contributed by atoms with Gasteiger partial charge in [-0.25, -0.2) is 4.99 Å². The van der Waals surface area contributed by atoms with Crippen LogP contribution in [-0.2, 0) is 13.1 Å². The zero-order valence-electron chi connectivity index (χ0n) is 15.2. The lowest BCUT2D eigenvalue weighted by Gasteiger charge is -2.15. The molecule has 0 saturated carbocycles. The largest absolute Gasteiger partial charge is 0.493 e. The molecule has 0 amide bonds. The Morgan fingerprint density at radius 3 is 2.50 bits per heavy atom. The van der Waals surface area contributed by atoms with Crippen LogP contribution >= 0.6 is 35.6 Å². The van der Waals surface area contributed by atoms with Gasteiger partial charge in [0.1, 0.15) is 0 Å². The van der Waals surface area contributed by atoms with Gasteiger partial charge in [-0.1, -0.05) is 35.9 Å². The number of guanidine groups is 1. The maximum absolute atomic E-state index is 6.02. The predicted octanol–water partition coefficient (Wildman–Crippen LogP) is 4.23. The Morgan fingerprint density at radius 2 is 1.85 bits per heavy atom. The molecule has 0 aliphatic heterocycles. The molecule has 2 rings (SSSR count). The minimum atomic E-state index is 0. The van der Waals surface area contributed by atoms with Gasteiger partial charge in [-0.3, -0.25) is 0 Å². The van der Waals surface area contributed by atoms with Crippen molar-refractivity contribution in [3.63, 3.8) is 0 Å². The molecule has 142 valence electrons. The summed E-state index contributed by atoms with van der Waals surface area (Å²) < 4.78 is 10.8. The molecule has 0 aromatic heterocycles. The summed E-state index contributed by atoms with van der Waals surface area (Å²) in [5.74, 6) is 2.17. The summed E-state index contributed by atoms with van der Waals surface area (Å²) in [5.41, 5.74) is 2.05. The SMILES string of the molecule is CCNC(=NCc1cccc(Cl)c1)NCc1cccc(OC)c1OC.I. The van der Waals surface area contributed by atoms with E-state index in [1.807, 2.05) is 49.4 Å². The van der Waals surface area contributed by atoms with Crippen LogP contribution < -0.4 is 20.1 Å². The molecule has 0 heterocycles. The first-order chi connectivity index (χ1) is 12.2. The summed E-state index contributed by atoms with van der Waals surface area (Å²) in [7, 11) is 3.27. The molecule has 0 saturated heterocycles. The molecule has 2 aromatic carbocycles. The van der Waals surface area contributed by atoms with Crippen molar-refractivity contribution in [1.29, 1.82) is 0 Å². The maximum Gasteiger partial charge on any atom is 0.191 e. The van der Waals surface area contributed by atoms with Gasteiger partial charge in [0.15, 0.2) is 17.5 Å².